The monoisotopic (exact) mass is 508 g/mol. The Morgan fingerprint density at radius 1 is 1.00 bits per heavy atom. The lowest BCUT2D eigenvalue weighted by Gasteiger charge is -2.29. The maximum Gasteiger partial charge on any atom is 0.226 e. The Morgan fingerprint density at radius 3 is 2.22 bits per heavy atom. The molecule has 0 unspecified atom stereocenters. The number of unbranched alkanes of at least 4 members (excludes halogenated alkanes) is 1. The Kier molecular flexibility index (Phi) is 14.4. The fraction of sp³-hybridized carbons (Fsp3) is 0.857. The second-order valence-electron chi connectivity index (χ2n) is 11.3. The molecular formula is C28H52N4O4. The van der Waals surface area contributed by atoms with E-state index < -0.39 is 17.9 Å². The molecule has 2 amide bonds. The summed E-state index contributed by atoms with van der Waals surface area (Å²) in [6, 6.07) is -0.299. The van der Waals surface area contributed by atoms with E-state index in [1.807, 2.05) is 0 Å². The number of ketones is 2. The van der Waals surface area contributed by atoms with Gasteiger partial charge in [-0.2, -0.15) is 0 Å². The van der Waals surface area contributed by atoms with Crippen LogP contribution in [0.25, 0.3) is 0 Å². The lowest BCUT2D eigenvalue weighted by molar-refractivity contribution is -0.143. The van der Waals surface area contributed by atoms with Crippen molar-refractivity contribution < 1.29 is 19.2 Å². The predicted molar refractivity (Wildman–Crippen MR) is 145 cm³/mol. The third-order valence-electron chi connectivity index (χ3n) is 7.54. The third kappa shape index (κ3) is 10.3. The van der Waals surface area contributed by atoms with Gasteiger partial charge < -0.3 is 20.4 Å². The van der Waals surface area contributed by atoms with Gasteiger partial charge in [-0.3, -0.25) is 19.2 Å². The number of nitrogens with zero attached hydrogens (tertiary/aromatic N) is 2. The van der Waals surface area contributed by atoms with Crippen molar-refractivity contribution >= 4 is 23.4 Å². The van der Waals surface area contributed by atoms with Crippen LogP contribution in [-0.4, -0.2) is 85.5 Å². The molecule has 0 aliphatic carbocycles. The molecule has 2 N–H and O–H groups in total. The highest BCUT2D eigenvalue weighted by molar-refractivity contribution is 5.95. The van der Waals surface area contributed by atoms with Crippen LogP contribution in [0.4, 0.5) is 0 Å². The molecule has 1 aliphatic rings. The third-order valence-corrected chi connectivity index (χ3v) is 7.54. The van der Waals surface area contributed by atoms with Gasteiger partial charge in [0.05, 0.1) is 12.1 Å². The highest BCUT2D eigenvalue weighted by Gasteiger charge is 2.38. The van der Waals surface area contributed by atoms with Crippen molar-refractivity contribution in [2.45, 2.75) is 104 Å². The quantitative estimate of drug-likeness (QED) is 0.293. The fourth-order valence-electron chi connectivity index (χ4n) is 4.97. The van der Waals surface area contributed by atoms with Crippen molar-refractivity contribution in [2.75, 3.05) is 34.2 Å². The van der Waals surface area contributed by atoms with Gasteiger partial charge in [0.1, 0.15) is 0 Å². The Bertz CT molecular complexity index is 724. The molecule has 36 heavy (non-hydrogen) atoms. The number of amides is 2. The summed E-state index contributed by atoms with van der Waals surface area (Å²) in [5.74, 6) is -0.721. The first-order chi connectivity index (χ1) is 16.9. The highest BCUT2D eigenvalue weighted by Crippen LogP contribution is 2.27. The van der Waals surface area contributed by atoms with E-state index in [-0.39, 0.29) is 42.3 Å². The molecule has 208 valence electrons. The molecule has 0 aromatic carbocycles. The summed E-state index contributed by atoms with van der Waals surface area (Å²) in [6.07, 6.45) is 4.90. The molecule has 8 heteroatoms. The van der Waals surface area contributed by atoms with Crippen molar-refractivity contribution in [1.82, 2.24) is 20.4 Å². The molecule has 1 heterocycles. The number of hydrogen-bond acceptors (Lipinski definition) is 6. The predicted octanol–water partition coefficient (Wildman–Crippen LogP) is 3.04. The fourth-order valence-corrected chi connectivity index (χ4v) is 4.97. The van der Waals surface area contributed by atoms with Crippen LogP contribution < -0.4 is 10.6 Å². The first kappa shape index (κ1) is 32.2. The van der Waals surface area contributed by atoms with Crippen molar-refractivity contribution in [3.8, 4) is 0 Å². The van der Waals surface area contributed by atoms with Gasteiger partial charge in [-0.1, -0.05) is 27.2 Å². The number of rotatable bonds is 17. The number of carbonyl (C=O) groups is 4. The SMILES string of the molecule is CNC(=O)[C@@H](C)CC(=O)[C@@H]1CCCN1C(=O)[C@H](CCCCN(C)C(C)C)CC(=O)[C@H](CC(C)C)NC. The van der Waals surface area contributed by atoms with Gasteiger partial charge in [-0.15, -0.1) is 0 Å². The van der Waals surface area contributed by atoms with E-state index >= 15 is 0 Å². The summed E-state index contributed by atoms with van der Waals surface area (Å²) in [5, 5.41) is 5.72. The number of likely N-dealkylation sites (tertiary alicyclic amines) is 1. The number of hydrogen-bond donors (Lipinski definition) is 2. The Hall–Kier alpha value is -1.80. The van der Waals surface area contributed by atoms with Crippen molar-refractivity contribution in [3.05, 3.63) is 0 Å². The van der Waals surface area contributed by atoms with Crippen LogP contribution in [0.1, 0.15) is 86.0 Å². The summed E-state index contributed by atoms with van der Waals surface area (Å²) in [4.78, 5) is 55.9. The summed E-state index contributed by atoms with van der Waals surface area (Å²) >= 11 is 0. The van der Waals surface area contributed by atoms with Gasteiger partial charge >= 0.3 is 0 Å². The summed E-state index contributed by atoms with van der Waals surface area (Å²) in [6.45, 7) is 11.7. The van der Waals surface area contributed by atoms with E-state index in [0.717, 1.165) is 32.2 Å². The van der Waals surface area contributed by atoms with E-state index in [4.69, 9.17) is 0 Å². The van der Waals surface area contributed by atoms with Gasteiger partial charge in [0, 0.05) is 44.3 Å². The smallest absolute Gasteiger partial charge is 0.226 e. The minimum Gasteiger partial charge on any atom is -0.359 e. The molecule has 0 bridgehead atoms. The molecule has 8 nitrogen and oxygen atoms in total. The summed E-state index contributed by atoms with van der Waals surface area (Å²) in [5.41, 5.74) is 0. The van der Waals surface area contributed by atoms with Crippen LogP contribution >= 0.6 is 0 Å². The van der Waals surface area contributed by atoms with E-state index in [2.05, 4.69) is 50.3 Å². The molecule has 1 saturated heterocycles. The van der Waals surface area contributed by atoms with Crippen LogP contribution in [0.3, 0.4) is 0 Å². The zero-order chi connectivity index (χ0) is 27.4. The van der Waals surface area contributed by atoms with Crippen LogP contribution in [0.5, 0.6) is 0 Å². The second-order valence-corrected chi connectivity index (χ2v) is 11.3. The summed E-state index contributed by atoms with van der Waals surface area (Å²) in [7, 11) is 5.46. The van der Waals surface area contributed by atoms with Crippen molar-refractivity contribution in [1.29, 1.82) is 0 Å². The number of nitrogens with one attached hydrogen (secondary N) is 2. The first-order valence-electron chi connectivity index (χ1n) is 13.9. The normalized spacial score (nSPS) is 18.5. The zero-order valence-electron chi connectivity index (χ0n) is 24.1. The zero-order valence-corrected chi connectivity index (χ0v) is 24.1. The second kappa shape index (κ2) is 16.1. The van der Waals surface area contributed by atoms with E-state index in [1.54, 1.807) is 25.9 Å². The molecule has 0 spiro atoms. The average molecular weight is 509 g/mol. The highest BCUT2D eigenvalue weighted by atomic mass is 16.2. The van der Waals surface area contributed by atoms with Crippen LogP contribution in [0.2, 0.25) is 0 Å². The molecule has 1 fully saturated rings. The van der Waals surface area contributed by atoms with E-state index in [0.29, 0.717) is 31.3 Å². The van der Waals surface area contributed by atoms with Crippen molar-refractivity contribution in [2.24, 2.45) is 17.8 Å². The van der Waals surface area contributed by atoms with Gasteiger partial charge in [0.15, 0.2) is 11.6 Å². The maximum atomic E-state index is 13.8. The number of likely N-dealkylation sites (N-methyl/N-ethyl adjacent to an activating group) is 1. The molecule has 4 atom stereocenters. The minimum atomic E-state index is -0.495. The van der Waals surface area contributed by atoms with Crippen LogP contribution in [-0.2, 0) is 19.2 Å². The molecule has 0 aromatic heterocycles. The molecule has 0 radical (unpaired) electrons. The Balaban J connectivity index is 2.96. The summed E-state index contributed by atoms with van der Waals surface area (Å²) < 4.78 is 0. The van der Waals surface area contributed by atoms with Gasteiger partial charge in [-0.25, -0.2) is 0 Å². The molecular weight excluding hydrogens is 456 g/mol. The van der Waals surface area contributed by atoms with Crippen molar-refractivity contribution in [3.63, 3.8) is 0 Å². The Labute approximate surface area is 219 Å². The standard InChI is InChI=1S/C28H52N4O4/c1-19(2)16-23(29-6)25(33)18-22(12-9-10-14-31(8)20(3)4)28(36)32-15-11-13-24(32)26(34)17-21(5)27(35)30-7/h19-24,29H,9-18H2,1-8H3,(H,30,35)/t21-,22+,23-,24-/m0/s1. The molecule has 0 aromatic rings. The van der Waals surface area contributed by atoms with Crippen LogP contribution in [0, 0.1) is 17.8 Å². The largest absolute Gasteiger partial charge is 0.359 e. The number of Topliss-reactive ketones (excluding diaryl/α,β-unsaturated/α-hetero) is 2. The van der Waals surface area contributed by atoms with E-state index in [1.165, 1.54) is 0 Å². The molecule has 1 aliphatic heterocycles. The minimum absolute atomic E-state index is 0.0616. The lowest BCUT2D eigenvalue weighted by atomic mass is 9.89. The topological polar surface area (TPSA) is 98.8 Å². The van der Waals surface area contributed by atoms with Gasteiger partial charge in [0.25, 0.3) is 0 Å². The lowest BCUT2D eigenvalue weighted by Crippen LogP contribution is -2.46. The number of carbonyl (C=O) groups excluding carboxylic acids is 4. The molecule has 0 saturated carbocycles. The van der Waals surface area contributed by atoms with Gasteiger partial charge in [-0.05, 0) is 72.5 Å². The van der Waals surface area contributed by atoms with Crippen LogP contribution in [0.15, 0.2) is 0 Å². The molecule has 1 rings (SSSR count). The Morgan fingerprint density at radius 2 is 1.67 bits per heavy atom. The van der Waals surface area contributed by atoms with E-state index in [9.17, 15) is 19.2 Å². The average Bonchev–Trinajstić information content (AvgIpc) is 3.32. The first-order valence-corrected chi connectivity index (χ1v) is 13.9. The maximum absolute atomic E-state index is 13.8. The van der Waals surface area contributed by atoms with Gasteiger partial charge in [0.2, 0.25) is 11.8 Å².